The van der Waals surface area contributed by atoms with Gasteiger partial charge < -0.3 is 9.13 Å². The maximum atomic E-state index is 10.3. The molecule has 3 aromatic heterocycles. The number of hydrogen-bond acceptors (Lipinski definition) is 5. The largest absolute Gasteiger partial charge is 0.308 e. The number of fused-ring (bicyclic) bond motifs is 6. The molecule has 0 saturated carbocycles. The van der Waals surface area contributed by atoms with Gasteiger partial charge in [-0.3, -0.25) is 0 Å². The summed E-state index contributed by atoms with van der Waals surface area (Å²) < 4.78 is 4.68. The van der Waals surface area contributed by atoms with E-state index in [1.807, 2.05) is 115 Å². The predicted molar refractivity (Wildman–Crippen MR) is 399 cm³/mol. The van der Waals surface area contributed by atoms with Crippen LogP contribution in [0.4, 0.5) is 5.69 Å². The van der Waals surface area contributed by atoms with Crippen molar-refractivity contribution in [3.63, 3.8) is 0 Å². The van der Waals surface area contributed by atoms with Gasteiger partial charge in [-0.1, -0.05) is 218 Å². The molecule has 0 spiro atoms. The molecule has 0 aliphatic rings. The molecule has 17 rings (SSSR count). The summed E-state index contributed by atoms with van der Waals surface area (Å²) in [5.74, 6) is 1.23. The standard InChI is InChI=1S/C90H54N8/c1-93-75-33-17-31-67(49-75)73-39-45-87(98-84-42-36-70(62-24-10-4-11-25-62)52-78(84)79-53-71(37-43-85(79)98)63-26-12-5-13-27-63)81(55-73)90-95-88(74-32-16-30-66(48-74)64-28-14-18-58(46-64)56-91)94-89(96-90)80-54-72(65-29-15-19-59(47-65)57-92)38-44-86(80)97-82-40-34-68(60-20-6-2-7-21-60)50-76(82)77-51-69(35-41-83(77)97)61-22-8-3-9-23-61/h2-55H. The highest BCUT2D eigenvalue weighted by atomic mass is 15.1. The van der Waals surface area contributed by atoms with Gasteiger partial charge >= 0.3 is 0 Å². The zero-order chi connectivity index (χ0) is 65.6. The third-order valence-electron chi connectivity index (χ3n) is 18.6. The van der Waals surface area contributed by atoms with Crippen LogP contribution < -0.4 is 0 Å². The Morgan fingerprint density at radius 3 is 0.929 bits per heavy atom. The number of hydrogen-bond donors (Lipinski definition) is 0. The molecule has 0 amide bonds. The predicted octanol–water partition coefficient (Wildman–Crippen LogP) is 23.0. The molecule has 0 aliphatic carbocycles. The van der Waals surface area contributed by atoms with Crippen LogP contribution in [-0.4, -0.2) is 24.1 Å². The fraction of sp³-hybridized carbons (Fsp3) is 0. The molecule has 3 heterocycles. The molecule has 0 unspecified atom stereocenters. The van der Waals surface area contributed by atoms with Crippen LogP contribution in [0.2, 0.25) is 0 Å². The average molecular weight is 1250 g/mol. The van der Waals surface area contributed by atoms with Crippen molar-refractivity contribution in [2.24, 2.45) is 0 Å². The van der Waals surface area contributed by atoms with Gasteiger partial charge in [0.2, 0.25) is 0 Å². The Bertz CT molecular complexity index is 5630. The molecule has 454 valence electrons. The highest BCUT2D eigenvalue weighted by molar-refractivity contribution is 6.14. The minimum absolute atomic E-state index is 0.403. The van der Waals surface area contributed by atoms with E-state index in [1.54, 1.807) is 0 Å². The van der Waals surface area contributed by atoms with Crippen molar-refractivity contribution in [2.45, 2.75) is 0 Å². The van der Waals surface area contributed by atoms with E-state index in [0.29, 0.717) is 39.9 Å². The van der Waals surface area contributed by atoms with E-state index in [1.165, 1.54) is 0 Å². The highest BCUT2D eigenvalue weighted by Crippen LogP contribution is 2.45. The second-order valence-corrected chi connectivity index (χ2v) is 24.5. The Hall–Kier alpha value is -13.8. The number of nitriles is 2. The average Bonchev–Trinajstić information content (AvgIpc) is 1.56. The quantitative estimate of drug-likeness (QED) is 0.113. The summed E-state index contributed by atoms with van der Waals surface area (Å²) in [6.45, 7) is 8.11. The lowest BCUT2D eigenvalue weighted by atomic mass is 9.98. The summed E-state index contributed by atoms with van der Waals surface area (Å²) in [6.07, 6.45) is 0. The lowest BCUT2D eigenvalue weighted by Gasteiger charge is -2.18. The van der Waals surface area contributed by atoms with Crippen molar-refractivity contribution >= 4 is 49.3 Å². The molecular formula is C90H54N8. The van der Waals surface area contributed by atoms with Gasteiger partial charge in [0, 0.05) is 38.2 Å². The summed E-state index contributed by atoms with van der Waals surface area (Å²) in [4.78, 5) is 21.0. The first-order chi connectivity index (χ1) is 48.4. The minimum atomic E-state index is 0.403. The Morgan fingerprint density at radius 1 is 0.255 bits per heavy atom. The Kier molecular flexibility index (Phi) is 14.5. The van der Waals surface area contributed by atoms with Crippen LogP contribution in [-0.2, 0) is 0 Å². The van der Waals surface area contributed by atoms with Gasteiger partial charge in [-0.25, -0.2) is 19.8 Å². The molecule has 0 N–H and O–H groups in total. The summed E-state index contributed by atoms with van der Waals surface area (Å²) in [5.41, 5.74) is 23.4. The molecular weight excluding hydrogens is 1190 g/mol. The van der Waals surface area contributed by atoms with Crippen LogP contribution in [0.1, 0.15) is 11.1 Å². The molecule has 0 saturated heterocycles. The highest BCUT2D eigenvalue weighted by Gasteiger charge is 2.25. The topological polar surface area (TPSA) is 100 Å². The van der Waals surface area contributed by atoms with Gasteiger partial charge in [-0.15, -0.1) is 0 Å². The molecule has 0 bridgehead atoms. The van der Waals surface area contributed by atoms with Gasteiger partial charge in [0.15, 0.2) is 23.2 Å². The van der Waals surface area contributed by atoms with E-state index in [4.69, 9.17) is 21.5 Å². The Labute approximate surface area is 566 Å². The van der Waals surface area contributed by atoms with E-state index >= 15 is 0 Å². The third kappa shape index (κ3) is 10.6. The molecule has 0 atom stereocenters. The lowest BCUT2D eigenvalue weighted by Crippen LogP contribution is -2.06. The maximum Gasteiger partial charge on any atom is 0.187 e. The van der Waals surface area contributed by atoms with Crippen LogP contribution in [0.5, 0.6) is 0 Å². The fourth-order valence-electron chi connectivity index (χ4n) is 13.9. The van der Waals surface area contributed by atoms with Gasteiger partial charge in [-0.2, -0.15) is 10.5 Å². The summed E-state index contributed by atoms with van der Waals surface area (Å²) in [5, 5.41) is 24.7. The number of aromatic nitrogens is 5. The van der Waals surface area contributed by atoms with Crippen LogP contribution in [0.15, 0.2) is 328 Å². The van der Waals surface area contributed by atoms with Crippen molar-refractivity contribution in [3.8, 4) is 136 Å². The molecule has 0 aliphatic heterocycles. The zero-order valence-corrected chi connectivity index (χ0v) is 52.8. The van der Waals surface area contributed by atoms with E-state index in [0.717, 1.165) is 144 Å². The molecule has 0 fully saturated rings. The first kappa shape index (κ1) is 58.0. The van der Waals surface area contributed by atoms with Crippen molar-refractivity contribution in [1.29, 1.82) is 10.5 Å². The minimum Gasteiger partial charge on any atom is -0.308 e. The van der Waals surface area contributed by atoms with Crippen LogP contribution in [0.25, 0.3) is 172 Å². The summed E-state index contributed by atoms with van der Waals surface area (Å²) >= 11 is 0. The van der Waals surface area contributed by atoms with E-state index in [-0.39, 0.29) is 0 Å². The summed E-state index contributed by atoms with van der Waals surface area (Å²) in [7, 11) is 0. The van der Waals surface area contributed by atoms with Gasteiger partial charge in [0.05, 0.1) is 63.3 Å². The van der Waals surface area contributed by atoms with Gasteiger partial charge in [-0.05, 0) is 187 Å². The maximum absolute atomic E-state index is 10.3. The van der Waals surface area contributed by atoms with Gasteiger partial charge in [0.25, 0.3) is 0 Å². The molecule has 14 aromatic carbocycles. The first-order valence-corrected chi connectivity index (χ1v) is 32.4. The van der Waals surface area contributed by atoms with Crippen LogP contribution >= 0.6 is 0 Å². The van der Waals surface area contributed by atoms with E-state index in [2.05, 4.69) is 238 Å². The molecule has 17 aromatic rings. The van der Waals surface area contributed by atoms with Crippen molar-refractivity contribution < 1.29 is 0 Å². The van der Waals surface area contributed by atoms with E-state index < -0.39 is 0 Å². The molecule has 8 heteroatoms. The third-order valence-corrected chi connectivity index (χ3v) is 18.6. The van der Waals surface area contributed by atoms with Crippen LogP contribution in [0, 0.1) is 29.2 Å². The molecule has 98 heavy (non-hydrogen) atoms. The Morgan fingerprint density at radius 2 is 0.551 bits per heavy atom. The van der Waals surface area contributed by atoms with Crippen molar-refractivity contribution in [2.75, 3.05) is 0 Å². The number of rotatable bonds is 12. The van der Waals surface area contributed by atoms with Crippen molar-refractivity contribution in [1.82, 2.24) is 24.1 Å². The fourth-order valence-corrected chi connectivity index (χ4v) is 13.9. The second-order valence-electron chi connectivity index (χ2n) is 24.5. The van der Waals surface area contributed by atoms with E-state index in [9.17, 15) is 10.5 Å². The number of benzene rings is 14. The van der Waals surface area contributed by atoms with Gasteiger partial charge in [0.1, 0.15) is 0 Å². The SMILES string of the molecule is [C-]#[N+]c1cccc(-c2ccc(-n3c4ccc(-c5ccccc5)cc4c4cc(-c5ccccc5)ccc43)c(-c3nc(-c4cccc(-c5cccc(C#N)c5)c4)nc(-c4cc(-c5cccc(C#N)c5)ccc4-n4c5ccc(-c6ccccc6)cc5c5cc(-c6ccccc6)ccc54)n3)c2)c1. The van der Waals surface area contributed by atoms with Crippen LogP contribution in [0.3, 0.4) is 0 Å². The second kappa shape index (κ2) is 24.6. The first-order valence-electron chi connectivity index (χ1n) is 32.4. The smallest absolute Gasteiger partial charge is 0.187 e. The number of nitrogens with zero attached hydrogens (tertiary/aromatic N) is 8. The summed E-state index contributed by atoms with van der Waals surface area (Å²) in [6, 6.07) is 118. The molecule has 8 nitrogen and oxygen atoms in total. The monoisotopic (exact) mass is 1250 g/mol. The zero-order valence-electron chi connectivity index (χ0n) is 52.8. The molecule has 0 radical (unpaired) electrons. The van der Waals surface area contributed by atoms with Crippen molar-refractivity contribution in [3.05, 3.63) is 350 Å². The Balaban J connectivity index is 0.974. The normalized spacial score (nSPS) is 11.2. The lowest BCUT2D eigenvalue weighted by molar-refractivity contribution is 1.06.